The topological polar surface area (TPSA) is 0 Å². The van der Waals surface area contributed by atoms with Crippen LogP contribution in [0.1, 0.15) is 598 Å². The Morgan fingerprint density at radius 1 is 0.173 bits per heavy atom. The van der Waals surface area contributed by atoms with Crippen molar-refractivity contribution < 1.29 is 294 Å². The summed E-state index contributed by atoms with van der Waals surface area (Å²) in [5.74, 6) is 12.9. The fourth-order valence-corrected chi connectivity index (χ4v) is 16.3. The zero-order valence-electron chi connectivity index (χ0n) is 97.8. The number of unbranched alkanes of at least 4 members (excludes halogenated alkanes) is 2. The molecule has 0 aromatic carbocycles. The van der Waals surface area contributed by atoms with Crippen molar-refractivity contribution in [2.75, 3.05) is 0 Å². The smallest absolute Gasteiger partial charge is 0 e. The van der Waals surface area contributed by atoms with Crippen molar-refractivity contribution in [2.24, 2.45) is 85.8 Å². The van der Waals surface area contributed by atoms with Crippen molar-refractivity contribution in [1.82, 2.24) is 0 Å². The van der Waals surface area contributed by atoms with Crippen LogP contribution in [0.25, 0.3) is 0 Å². The summed E-state index contributed by atoms with van der Waals surface area (Å²) in [7, 11) is 0. The van der Waals surface area contributed by atoms with Crippen molar-refractivity contribution in [3.8, 4) is 0 Å². The summed E-state index contributed by atoms with van der Waals surface area (Å²) in [6.45, 7) is 119. The summed E-state index contributed by atoms with van der Waals surface area (Å²) in [5.41, 5.74) is 2.64. The van der Waals surface area contributed by atoms with Crippen molar-refractivity contribution in [3.05, 3.63) is 122 Å². The maximum absolute atomic E-state index is 4.28. The molecule has 0 heterocycles. The van der Waals surface area contributed by atoms with Crippen molar-refractivity contribution in [3.63, 3.8) is 0 Å². The van der Waals surface area contributed by atoms with Gasteiger partial charge in [0.25, 0.3) is 0 Å². The van der Waals surface area contributed by atoms with Crippen molar-refractivity contribution >= 4 is 0 Å². The van der Waals surface area contributed by atoms with Gasteiger partial charge in [0.2, 0.25) is 0 Å². The largest absolute Gasteiger partial charge is 0.346 e. The van der Waals surface area contributed by atoms with Gasteiger partial charge in [-0.3, -0.25) is 0 Å². The third-order valence-electron chi connectivity index (χ3n) is 22.6. The van der Waals surface area contributed by atoms with Crippen molar-refractivity contribution in [2.45, 2.75) is 598 Å². The first kappa shape index (κ1) is 184. The van der Waals surface area contributed by atoms with Gasteiger partial charge in [-0.1, -0.05) is 436 Å². The average molecular weight is 2540 g/mol. The van der Waals surface area contributed by atoms with Gasteiger partial charge in [-0.25, -0.2) is 12.8 Å². The standard InChI is InChI=1S/7C10H18.2C9H16.9C4H10.9Y/c4*1-3-7-10(2)8-5-4-6-9-10;1-3-10(4-2)8-6-5-7-9-10;2*1-2-3-7-10-8-5-4-6-9-10;1-3-6-9(2)7-4-5-8-9;1-2-6-9-7-4-3-5-8-9;9*1-4(2)3;;;;;;;;;/h7*1-9H2;2*1-8H2;9*4H,1-3H3;;;;;;;;;/q9*-2;;;;;;;;;;;;;;;;;;. The Hall–Kier alpha value is 9.94. The summed E-state index contributed by atoms with van der Waals surface area (Å²) in [5, 5.41) is 0. The molecular weight excluding hydrogens is 2290 g/mol. The van der Waals surface area contributed by atoms with Crippen LogP contribution >= 0.6 is 0 Å². The van der Waals surface area contributed by atoms with E-state index >= 15 is 0 Å². The minimum atomic E-state index is 0. The van der Waals surface area contributed by atoms with Gasteiger partial charge < -0.3 is 122 Å². The molecule has 9 aliphatic carbocycles. The van der Waals surface area contributed by atoms with E-state index in [1.165, 1.54) is 347 Å². The first-order valence-corrected chi connectivity index (χ1v) is 54.8. The van der Waals surface area contributed by atoms with Crippen LogP contribution < -0.4 is 0 Å². The molecule has 0 saturated heterocycles. The molecule has 0 aliphatic heterocycles. The molecule has 9 heteroatoms. The van der Waals surface area contributed by atoms with E-state index in [1.54, 1.807) is 5.92 Å². The monoisotopic (exact) mass is 2540 g/mol. The molecule has 0 bridgehead atoms. The van der Waals surface area contributed by atoms with Crippen LogP contribution in [-0.4, -0.2) is 0 Å². The van der Waals surface area contributed by atoms with E-state index in [-0.39, 0.29) is 294 Å². The molecule has 9 radical (unpaired) electrons. The molecule has 0 aromatic rings. The minimum absolute atomic E-state index is 0. The molecule has 133 heavy (non-hydrogen) atoms. The number of hydrogen-bond acceptors (Lipinski definition) is 0. The maximum atomic E-state index is 4.28. The second kappa shape index (κ2) is 132. The van der Waals surface area contributed by atoms with Crippen LogP contribution in [0.3, 0.4) is 0 Å². The molecule has 0 atom stereocenters. The van der Waals surface area contributed by atoms with Gasteiger partial charge >= 0.3 is 0 Å². The molecule has 0 N–H and O–H groups in total. The minimum Gasteiger partial charge on any atom is -0.346 e. The van der Waals surface area contributed by atoms with Crippen LogP contribution in [0, 0.1) is 207 Å². The average Bonchev–Trinajstić information content (AvgIpc) is 1.84. The SMILES string of the molecule is CC(C)C.CC(C)C.CC(C)C.CC(C)C.CC(C)C.CC(C)C.CC(C)C.CC(C)C.CC(C)C.[CH2-]CC1(C[CH2-])CCCCC1.[CH2-]CCC1([CH2-])CCCC1.[CH2-]CCC1([CH2-])CCCCC1.[CH2-]CCC1([CH2-])CCCCC1.[CH2-]CCC1([CH2-])CCCCC1.[CH2-]CCC1([CH2-])CCCCC1.[CH2-]CCC[C-]1CCCCC1.[CH2-]CCC[C-]1CCCCC1.[CH2-]CC[C-]1CCCCC1.[Y].[Y].[Y].[Y].[Y].[Y].[Y].[Y].[Y]. The zero-order valence-corrected chi connectivity index (χ0v) is 123. The second-order valence-corrected chi connectivity index (χ2v) is 46.6. The fraction of sp³-hybridized carbons (Fsp3) is 0.855. The quantitative estimate of drug-likeness (QED) is 0.107. The number of hydrogen-bond donors (Lipinski definition) is 0. The first-order valence-electron chi connectivity index (χ1n) is 54.8. The van der Waals surface area contributed by atoms with Crippen molar-refractivity contribution in [1.29, 1.82) is 0 Å². The Kier molecular flexibility index (Phi) is 184. The third-order valence-corrected chi connectivity index (χ3v) is 22.6. The van der Waals surface area contributed by atoms with Crippen LogP contribution in [0.4, 0.5) is 0 Å². The third kappa shape index (κ3) is 165. The summed E-state index contributed by atoms with van der Waals surface area (Å²) in [4.78, 5) is 0. The molecule has 9 fully saturated rings. The Morgan fingerprint density at radius 3 is 0.421 bits per heavy atom. The molecule has 0 amide bonds. The predicted octanol–water partition coefficient (Wildman–Crippen LogP) is 45.1. The van der Waals surface area contributed by atoms with Crippen LogP contribution in [-0.2, 0) is 294 Å². The van der Waals surface area contributed by atoms with Gasteiger partial charge in [0.1, 0.15) is 0 Å². The normalized spacial score (nSPS) is 18.1. The number of rotatable bonds is 20. The summed E-state index contributed by atoms with van der Waals surface area (Å²) < 4.78 is 0. The second-order valence-electron chi connectivity index (χ2n) is 46.6. The summed E-state index contributed by atoms with van der Waals surface area (Å²) in [6, 6.07) is 0. The molecule has 789 valence electrons. The Labute approximate surface area is 1080 Å². The molecule has 0 unspecified atom stereocenters. The van der Waals surface area contributed by atoms with E-state index in [4.69, 9.17) is 0 Å². The fourth-order valence-electron chi connectivity index (χ4n) is 16.3. The van der Waals surface area contributed by atoms with Gasteiger partial charge in [0.15, 0.2) is 0 Å². The molecule has 0 spiro atoms. The summed E-state index contributed by atoms with van der Waals surface area (Å²) in [6.07, 6.45) is 85.1. The van der Waals surface area contributed by atoms with Crippen LogP contribution in [0.2, 0.25) is 0 Å². The summed E-state index contributed by atoms with van der Waals surface area (Å²) >= 11 is 0. The van der Waals surface area contributed by atoms with Gasteiger partial charge in [0.05, 0.1) is 0 Å². The van der Waals surface area contributed by atoms with Crippen LogP contribution in [0.15, 0.2) is 0 Å². The van der Waals surface area contributed by atoms with Gasteiger partial charge in [-0.2, -0.15) is 136 Å². The van der Waals surface area contributed by atoms with Gasteiger partial charge in [-0.15, -0.1) is 44.9 Å². The predicted molar refractivity (Wildman–Crippen MR) is 585 cm³/mol. The molecule has 9 rings (SSSR count). The Balaban J connectivity index is -0.0000000664. The zero-order chi connectivity index (χ0) is 97.2. The first-order chi connectivity index (χ1) is 58.1. The van der Waals surface area contributed by atoms with Gasteiger partial charge in [-0.05, 0) is 53.3 Å². The van der Waals surface area contributed by atoms with Crippen LogP contribution in [0.5, 0.6) is 0 Å². The van der Waals surface area contributed by atoms with Gasteiger partial charge in [0, 0.05) is 294 Å². The molecule has 9 saturated carbocycles. The van der Waals surface area contributed by atoms with E-state index in [9.17, 15) is 0 Å². The van der Waals surface area contributed by atoms with E-state index in [0.717, 1.165) is 117 Å². The molecule has 0 nitrogen and oxygen atoms in total. The maximum Gasteiger partial charge on any atom is 0 e. The molecule has 9 aliphatic rings. The van der Waals surface area contributed by atoms with E-state index < -0.39 is 0 Å². The Morgan fingerprint density at radius 2 is 0.301 bits per heavy atom. The molecule has 0 aromatic heterocycles. The van der Waals surface area contributed by atoms with E-state index in [0.29, 0.717) is 32.5 Å². The van der Waals surface area contributed by atoms with E-state index in [1.807, 2.05) is 11.8 Å². The Bertz CT molecular complexity index is 1620. The molecular formula is C124H248Y9-18. The van der Waals surface area contributed by atoms with E-state index in [2.05, 4.69) is 291 Å².